The summed E-state index contributed by atoms with van der Waals surface area (Å²) in [7, 11) is 0. The normalized spacial score (nSPS) is 9.88. The van der Waals surface area contributed by atoms with Crippen LogP contribution in [0.15, 0.2) is 23.2 Å². The van der Waals surface area contributed by atoms with Crippen LogP contribution in [-0.2, 0) is 6.42 Å². The van der Waals surface area contributed by atoms with Crippen molar-refractivity contribution in [2.24, 2.45) is 16.5 Å². The van der Waals surface area contributed by atoms with E-state index in [-0.39, 0.29) is 5.96 Å². The summed E-state index contributed by atoms with van der Waals surface area (Å²) in [6.45, 7) is 3.09. The van der Waals surface area contributed by atoms with Crippen LogP contribution in [0.5, 0.6) is 5.75 Å². The van der Waals surface area contributed by atoms with Crippen LogP contribution in [0, 0.1) is 0 Å². The molecule has 1 aromatic carbocycles. The molecule has 0 amide bonds. The number of halogens is 1. The lowest BCUT2D eigenvalue weighted by Crippen LogP contribution is -2.23. The summed E-state index contributed by atoms with van der Waals surface area (Å²) in [5.41, 5.74) is 11.5. The molecule has 0 aliphatic rings. The van der Waals surface area contributed by atoms with Gasteiger partial charge in [0.25, 0.3) is 0 Å². The first kappa shape index (κ1) is 12.6. The summed E-state index contributed by atoms with van der Waals surface area (Å²) in [6, 6.07) is 5.69. The molecule has 0 bridgehead atoms. The van der Waals surface area contributed by atoms with Gasteiger partial charge in [0.1, 0.15) is 5.75 Å². The maximum Gasteiger partial charge on any atom is 0.185 e. The van der Waals surface area contributed by atoms with Crippen molar-refractivity contribution in [3.63, 3.8) is 0 Å². The summed E-state index contributed by atoms with van der Waals surface area (Å²) in [5.74, 6) is 0.812. The molecule has 4 N–H and O–H groups in total. The zero-order chi connectivity index (χ0) is 12.0. The lowest BCUT2D eigenvalue weighted by Gasteiger charge is -2.07. The van der Waals surface area contributed by atoms with Gasteiger partial charge in [0.15, 0.2) is 5.96 Å². The van der Waals surface area contributed by atoms with Crippen molar-refractivity contribution in [1.82, 2.24) is 0 Å². The number of hydrogen-bond acceptors (Lipinski definition) is 2. The SMILES string of the molecule is CCOc1ccc(CCN=C(N)N)cc1Cl. The molecule has 4 nitrogen and oxygen atoms in total. The molecule has 0 unspecified atom stereocenters. The molecule has 1 aromatic rings. The number of hydrogen-bond donors (Lipinski definition) is 2. The number of nitrogens with zero attached hydrogens (tertiary/aromatic N) is 1. The lowest BCUT2D eigenvalue weighted by atomic mass is 10.1. The van der Waals surface area contributed by atoms with Crippen molar-refractivity contribution < 1.29 is 4.74 Å². The monoisotopic (exact) mass is 241 g/mol. The number of nitrogens with two attached hydrogens (primary N) is 2. The van der Waals surface area contributed by atoms with Crippen molar-refractivity contribution in [3.05, 3.63) is 28.8 Å². The first-order valence-electron chi connectivity index (χ1n) is 5.10. The first-order valence-corrected chi connectivity index (χ1v) is 5.48. The van der Waals surface area contributed by atoms with E-state index in [9.17, 15) is 0 Å². The van der Waals surface area contributed by atoms with E-state index in [2.05, 4.69) is 4.99 Å². The van der Waals surface area contributed by atoms with E-state index in [0.717, 1.165) is 12.0 Å². The second kappa shape index (κ2) is 6.23. The largest absolute Gasteiger partial charge is 0.492 e. The van der Waals surface area contributed by atoms with Gasteiger partial charge in [-0.05, 0) is 31.0 Å². The fourth-order valence-electron chi connectivity index (χ4n) is 1.29. The van der Waals surface area contributed by atoms with Crippen molar-refractivity contribution >= 4 is 17.6 Å². The van der Waals surface area contributed by atoms with Crippen LogP contribution in [-0.4, -0.2) is 19.1 Å². The molecule has 0 aliphatic heterocycles. The molecular formula is C11H16ClN3O. The van der Waals surface area contributed by atoms with Crippen LogP contribution < -0.4 is 16.2 Å². The summed E-state index contributed by atoms with van der Waals surface area (Å²) in [5, 5.41) is 0.615. The number of aliphatic imine (C=N–C) groups is 1. The summed E-state index contributed by atoms with van der Waals surface area (Å²) in [6.07, 6.45) is 0.754. The second-order valence-corrected chi connectivity index (χ2v) is 3.66. The van der Waals surface area contributed by atoms with E-state index in [1.54, 1.807) is 0 Å². The van der Waals surface area contributed by atoms with E-state index < -0.39 is 0 Å². The minimum Gasteiger partial charge on any atom is -0.492 e. The Morgan fingerprint density at radius 3 is 2.75 bits per heavy atom. The highest BCUT2D eigenvalue weighted by molar-refractivity contribution is 6.32. The van der Waals surface area contributed by atoms with E-state index >= 15 is 0 Å². The average molecular weight is 242 g/mol. The molecule has 0 aliphatic carbocycles. The van der Waals surface area contributed by atoms with Crippen LogP contribution in [0.1, 0.15) is 12.5 Å². The molecule has 0 atom stereocenters. The minimum absolute atomic E-state index is 0.108. The van der Waals surface area contributed by atoms with Crippen LogP contribution in [0.2, 0.25) is 5.02 Å². The predicted octanol–water partition coefficient (Wildman–Crippen LogP) is 1.55. The molecule has 1 rings (SSSR count). The fraction of sp³-hybridized carbons (Fsp3) is 0.364. The maximum absolute atomic E-state index is 6.04. The van der Waals surface area contributed by atoms with Gasteiger partial charge in [-0.3, -0.25) is 4.99 Å². The van der Waals surface area contributed by atoms with Crippen molar-refractivity contribution in [2.45, 2.75) is 13.3 Å². The predicted molar refractivity (Wildman–Crippen MR) is 67.0 cm³/mol. The van der Waals surface area contributed by atoms with E-state index in [0.29, 0.717) is 23.9 Å². The third kappa shape index (κ3) is 3.98. The molecule has 0 saturated carbocycles. The Morgan fingerprint density at radius 2 is 2.19 bits per heavy atom. The Morgan fingerprint density at radius 1 is 1.44 bits per heavy atom. The highest BCUT2D eigenvalue weighted by Crippen LogP contribution is 2.25. The van der Waals surface area contributed by atoms with Crippen LogP contribution in [0.4, 0.5) is 0 Å². The van der Waals surface area contributed by atoms with Gasteiger partial charge in [-0.25, -0.2) is 0 Å². The molecule has 0 spiro atoms. The third-order valence-corrected chi connectivity index (χ3v) is 2.29. The summed E-state index contributed by atoms with van der Waals surface area (Å²) < 4.78 is 5.33. The van der Waals surface area contributed by atoms with Gasteiger partial charge in [0.2, 0.25) is 0 Å². The third-order valence-electron chi connectivity index (χ3n) is 1.99. The molecule has 5 heteroatoms. The van der Waals surface area contributed by atoms with Gasteiger partial charge in [-0.1, -0.05) is 17.7 Å². The van der Waals surface area contributed by atoms with Gasteiger partial charge in [-0.15, -0.1) is 0 Å². The van der Waals surface area contributed by atoms with Gasteiger partial charge in [0.05, 0.1) is 11.6 Å². The summed E-state index contributed by atoms with van der Waals surface area (Å²) in [4.78, 5) is 3.91. The van der Waals surface area contributed by atoms with E-state index in [1.807, 2.05) is 25.1 Å². The Hall–Kier alpha value is -1.42. The molecule has 88 valence electrons. The van der Waals surface area contributed by atoms with Crippen molar-refractivity contribution in [1.29, 1.82) is 0 Å². The Balaban J connectivity index is 2.62. The highest BCUT2D eigenvalue weighted by atomic mass is 35.5. The van der Waals surface area contributed by atoms with E-state index in [4.69, 9.17) is 27.8 Å². The van der Waals surface area contributed by atoms with Crippen LogP contribution in [0.25, 0.3) is 0 Å². The number of ether oxygens (including phenoxy) is 1. The smallest absolute Gasteiger partial charge is 0.185 e. The molecular weight excluding hydrogens is 226 g/mol. The number of rotatable bonds is 5. The summed E-state index contributed by atoms with van der Waals surface area (Å²) >= 11 is 6.04. The molecule has 0 saturated heterocycles. The van der Waals surface area contributed by atoms with Crippen LogP contribution >= 0.6 is 11.6 Å². The maximum atomic E-state index is 6.04. The number of guanidine groups is 1. The van der Waals surface area contributed by atoms with Gasteiger partial charge >= 0.3 is 0 Å². The van der Waals surface area contributed by atoms with Crippen molar-refractivity contribution in [2.75, 3.05) is 13.2 Å². The Labute approximate surface area is 100 Å². The average Bonchev–Trinajstić information content (AvgIpc) is 2.21. The quantitative estimate of drug-likeness (QED) is 0.607. The first-order chi connectivity index (χ1) is 7.63. The molecule has 0 fully saturated rings. The minimum atomic E-state index is 0.108. The topological polar surface area (TPSA) is 73.6 Å². The highest BCUT2D eigenvalue weighted by Gasteiger charge is 2.02. The van der Waals surface area contributed by atoms with E-state index in [1.165, 1.54) is 0 Å². The number of benzene rings is 1. The van der Waals surface area contributed by atoms with Crippen molar-refractivity contribution in [3.8, 4) is 5.75 Å². The Bertz CT molecular complexity index is 375. The second-order valence-electron chi connectivity index (χ2n) is 3.25. The molecule has 0 radical (unpaired) electrons. The molecule has 0 aromatic heterocycles. The van der Waals surface area contributed by atoms with Gasteiger partial charge < -0.3 is 16.2 Å². The van der Waals surface area contributed by atoms with Gasteiger partial charge in [0, 0.05) is 6.54 Å². The lowest BCUT2D eigenvalue weighted by molar-refractivity contribution is 0.340. The Kier molecular flexibility index (Phi) is 4.92. The zero-order valence-corrected chi connectivity index (χ0v) is 10.00. The van der Waals surface area contributed by atoms with Crippen LogP contribution in [0.3, 0.4) is 0 Å². The zero-order valence-electron chi connectivity index (χ0n) is 9.24. The molecule has 0 heterocycles. The standard InChI is InChI=1S/C11H16ClN3O/c1-2-16-10-4-3-8(7-9(10)12)5-6-15-11(13)14/h3-4,7H,2,5-6H2,1H3,(H4,13,14,15). The fourth-order valence-corrected chi connectivity index (χ4v) is 1.54. The van der Waals surface area contributed by atoms with Gasteiger partial charge in [-0.2, -0.15) is 0 Å². The molecule has 16 heavy (non-hydrogen) atoms.